The van der Waals surface area contributed by atoms with Gasteiger partial charge in [0.2, 0.25) is 15.9 Å². The van der Waals surface area contributed by atoms with Gasteiger partial charge in [0.05, 0.1) is 16.6 Å². The monoisotopic (exact) mass is 455 g/mol. The molecule has 3 rings (SSSR count). The molecule has 31 heavy (non-hydrogen) atoms. The third-order valence-corrected chi connectivity index (χ3v) is 7.50. The maximum absolute atomic E-state index is 13.8. The summed E-state index contributed by atoms with van der Waals surface area (Å²) in [4.78, 5) is 14.5. The Bertz CT molecular complexity index is 1100. The number of hydrogen-bond acceptors (Lipinski definition) is 4. The average molecular weight is 456 g/mol. The van der Waals surface area contributed by atoms with Crippen LogP contribution in [0.1, 0.15) is 18.1 Å². The Morgan fingerprint density at radius 2 is 1.65 bits per heavy atom. The molecule has 1 fully saturated rings. The predicted octanol–water partition coefficient (Wildman–Crippen LogP) is 3.05. The lowest BCUT2D eigenvalue weighted by Gasteiger charge is -2.37. The van der Waals surface area contributed by atoms with Gasteiger partial charge in [-0.25, -0.2) is 21.6 Å². The molecule has 1 atom stereocenters. The lowest BCUT2D eigenvalue weighted by atomic mass is 10.2. The highest BCUT2D eigenvalue weighted by atomic mass is 32.2. The van der Waals surface area contributed by atoms with Crippen LogP contribution in [0, 0.1) is 31.3 Å². The molecular formula is C21H24F3N3O3S. The lowest BCUT2D eigenvalue weighted by molar-refractivity contribution is -0.121. The Hall–Kier alpha value is -2.43. The topological polar surface area (TPSA) is 69.7 Å². The number of hydrogen-bond donors (Lipinski definition) is 1. The van der Waals surface area contributed by atoms with E-state index >= 15 is 0 Å². The van der Waals surface area contributed by atoms with Gasteiger partial charge in [-0.05, 0) is 50.1 Å². The molecule has 1 aliphatic heterocycles. The normalized spacial score (nSPS) is 16.8. The molecule has 1 N–H and O–H groups in total. The number of anilines is 1. The zero-order valence-corrected chi connectivity index (χ0v) is 18.3. The van der Waals surface area contributed by atoms with Crippen molar-refractivity contribution in [3.05, 3.63) is 58.9 Å². The molecule has 0 spiro atoms. The molecule has 10 heteroatoms. The fraction of sp³-hybridized carbons (Fsp3) is 0.381. The van der Waals surface area contributed by atoms with E-state index in [1.54, 1.807) is 30.9 Å². The minimum Gasteiger partial charge on any atom is -0.322 e. The highest BCUT2D eigenvalue weighted by molar-refractivity contribution is 7.89. The number of amides is 1. The van der Waals surface area contributed by atoms with Crippen LogP contribution in [0.25, 0.3) is 0 Å². The van der Waals surface area contributed by atoms with E-state index in [2.05, 4.69) is 5.32 Å². The van der Waals surface area contributed by atoms with E-state index in [-0.39, 0.29) is 18.0 Å². The number of benzene rings is 2. The second-order valence-corrected chi connectivity index (χ2v) is 9.50. The molecule has 0 aromatic heterocycles. The van der Waals surface area contributed by atoms with Gasteiger partial charge in [0.15, 0.2) is 17.5 Å². The minimum atomic E-state index is -3.67. The van der Waals surface area contributed by atoms with Gasteiger partial charge in [-0.15, -0.1) is 0 Å². The van der Waals surface area contributed by atoms with Crippen LogP contribution in [0.2, 0.25) is 0 Å². The van der Waals surface area contributed by atoms with Crippen molar-refractivity contribution in [2.24, 2.45) is 0 Å². The van der Waals surface area contributed by atoms with E-state index in [1.807, 2.05) is 13.0 Å². The Morgan fingerprint density at radius 1 is 1.00 bits per heavy atom. The largest absolute Gasteiger partial charge is 0.322 e. The van der Waals surface area contributed by atoms with Gasteiger partial charge >= 0.3 is 0 Å². The van der Waals surface area contributed by atoms with Crippen LogP contribution in [0.5, 0.6) is 0 Å². The zero-order chi connectivity index (χ0) is 22.9. The second-order valence-electron chi connectivity index (χ2n) is 7.60. The number of piperazine rings is 1. The molecule has 0 aliphatic carbocycles. The standard InChI is InChI=1S/C21H24F3N3O3S/c1-13-4-5-14(2)18(12-13)31(29,30)27-10-8-26(9-11-27)15(3)21(28)25-17-7-6-16(22)19(23)20(17)24/h4-7,12,15H,8-11H2,1-3H3,(H,25,28)/t15-/m0/s1. The molecule has 1 saturated heterocycles. The highest BCUT2D eigenvalue weighted by Gasteiger charge is 2.33. The third kappa shape index (κ3) is 4.76. The molecule has 1 aliphatic rings. The molecular weight excluding hydrogens is 431 g/mol. The van der Waals surface area contributed by atoms with Crippen molar-refractivity contribution in [3.63, 3.8) is 0 Å². The summed E-state index contributed by atoms with van der Waals surface area (Å²) in [5.74, 6) is -5.07. The van der Waals surface area contributed by atoms with Crippen molar-refractivity contribution in [1.29, 1.82) is 0 Å². The van der Waals surface area contributed by atoms with Crippen molar-refractivity contribution in [2.45, 2.75) is 31.7 Å². The quantitative estimate of drug-likeness (QED) is 0.704. The number of sulfonamides is 1. The molecule has 168 valence electrons. The van der Waals surface area contributed by atoms with Gasteiger partial charge in [0.1, 0.15) is 0 Å². The van der Waals surface area contributed by atoms with Crippen LogP contribution in [0.3, 0.4) is 0 Å². The van der Waals surface area contributed by atoms with Crippen molar-refractivity contribution in [2.75, 3.05) is 31.5 Å². The second kappa shape index (κ2) is 8.97. The summed E-state index contributed by atoms with van der Waals surface area (Å²) in [6.45, 7) is 6.11. The molecule has 1 amide bonds. The fourth-order valence-electron chi connectivity index (χ4n) is 3.48. The van der Waals surface area contributed by atoms with Crippen LogP contribution in [-0.2, 0) is 14.8 Å². The maximum Gasteiger partial charge on any atom is 0.243 e. The van der Waals surface area contributed by atoms with Crippen molar-refractivity contribution in [1.82, 2.24) is 9.21 Å². The zero-order valence-electron chi connectivity index (χ0n) is 17.5. The summed E-state index contributed by atoms with van der Waals surface area (Å²) < 4.78 is 67.7. The molecule has 0 radical (unpaired) electrons. The van der Waals surface area contributed by atoms with E-state index in [0.717, 1.165) is 17.7 Å². The fourth-order valence-corrected chi connectivity index (χ4v) is 5.21. The SMILES string of the molecule is Cc1ccc(C)c(S(=O)(=O)N2CCN([C@@H](C)C(=O)Nc3ccc(F)c(F)c3F)CC2)c1. The molecule has 0 bridgehead atoms. The number of rotatable bonds is 5. The van der Waals surface area contributed by atoms with Crippen LogP contribution < -0.4 is 5.32 Å². The van der Waals surface area contributed by atoms with Gasteiger partial charge in [0.25, 0.3) is 0 Å². The average Bonchev–Trinajstić information content (AvgIpc) is 2.75. The highest BCUT2D eigenvalue weighted by Crippen LogP contribution is 2.24. The van der Waals surface area contributed by atoms with Gasteiger partial charge in [-0.3, -0.25) is 9.69 Å². The maximum atomic E-state index is 13.8. The number of halogens is 3. The Labute approximate surface area is 179 Å². The first kappa shape index (κ1) is 23.2. The number of nitrogens with one attached hydrogen (secondary N) is 1. The first-order valence-electron chi connectivity index (χ1n) is 9.78. The van der Waals surface area contributed by atoms with E-state index in [1.165, 1.54) is 4.31 Å². The summed E-state index contributed by atoms with van der Waals surface area (Å²) in [6, 6.07) is 6.22. The predicted molar refractivity (Wildman–Crippen MR) is 111 cm³/mol. The molecule has 1 heterocycles. The Balaban J connectivity index is 1.65. The summed E-state index contributed by atoms with van der Waals surface area (Å²) in [5.41, 5.74) is 1.05. The van der Waals surface area contributed by atoms with Gasteiger partial charge < -0.3 is 5.32 Å². The molecule has 0 unspecified atom stereocenters. The van der Waals surface area contributed by atoms with E-state index in [4.69, 9.17) is 0 Å². The smallest absolute Gasteiger partial charge is 0.243 e. The van der Waals surface area contributed by atoms with E-state index in [9.17, 15) is 26.4 Å². The number of carbonyl (C=O) groups excluding carboxylic acids is 1. The molecule has 2 aromatic rings. The van der Waals surface area contributed by atoms with Gasteiger partial charge in [-0.1, -0.05) is 12.1 Å². The first-order valence-corrected chi connectivity index (χ1v) is 11.2. The van der Waals surface area contributed by atoms with Crippen LogP contribution in [0.4, 0.5) is 18.9 Å². The van der Waals surface area contributed by atoms with Crippen LogP contribution in [-0.4, -0.2) is 55.8 Å². The summed E-state index contributed by atoms with van der Waals surface area (Å²) in [5, 5.41) is 2.26. The van der Waals surface area contributed by atoms with Crippen LogP contribution >= 0.6 is 0 Å². The summed E-state index contributed by atoms with van der Waals surface area (Å²) in [7, 11) is -3.67. The number of carbonyl (C=O) groups is 1. The van der Waals surface area contributed by atoms with Gasteiger partial charge in [0, 0.05) is 26.2 Å². The molecule has 2 aromatic carbocycles. The van der Waals surface area contributed by atoms with E-state index < -0.39 is 45.1 Å². The lowest BCUT2D eigenvalue weighted by Crippen LogP contribution is -2.54. The van der Waals surface area contributed by atoms with Crippen molar-refractivity contribution < 1.29 is 26.4 Å². The van der Waals surface area contributed by atoms with Crippen molar-refractivity contribution >= 4 is 21.6 Å². The van der Waals surface area contributed by atoms with Crippen molar-refractivity contribution in [3.8, 4) is 0 Å². The Morgan fingerprint density at radius 3 is 2.29 bits per heavy atom. The van der Waals surface area contributed by atoms with E-state index in [0.29, 0.717) is 18.7 Å². The summed E-state index contributed by atoms with van der Waals surface area (Å²) >= 11 is 0. The number of nitrogens with zero attached hydrogens (tertiary/aromatic N) is 2. The Kier molecular flexibility index (Phi) is 6.73. The third-order valence-electron chi connectivity index (χ3n) is 5.45. The van der Waals surface area contributed by atoms with Crippen LogP contribution in [0.15, 0.2) is 35.2 Å². The van der Waals surface area contributed by atoms with Gasteiger partial charge in [-0.2, -0.15) is 4.31 Å². The molecule has 0 saturated carbocycles. The minimum absolute atomic E-state index is 0.187. The molecule has 6 nitrogen and oxygen atoms in total. The first-order chi connectivity index (χ1) is 14.5. The number of aryl methyl sites for hydroxylation is 2. The summed E-state index contributed by atoms with van der Waals surface area (Å²) in [6.07, 6.45) is 0.